The molecule has 0 aromatic heterocycles. The van der Waals surface area contributed by atoms with E-state index in [0.29, 0.717) is 29.8 Å². The van der Waals surface area contributed by atoms with Crippen LogP contribution in [0.1, 0.15) is 40.9 Å². The minimum absolute atomic E-state index is 0.0500. The number of rotatable bonds is 9. The third-order valence-corrected chi connectivity index (χ3v) is 7.47. The molecule has 1 amide bonds. The van der Waals surface area contributed by atoms with Crippen LogP contribution in [0.4, 0.5) is 5.69 Å². The quantitative estimate of drug-likeness (QED) is 0.404. The molecule has 36 heavy (non-hydrogen) atoms. The van der Waals surface area contributed by atoms with Crippen LogP contribution in [0.3, 0.4) is 0 Å². The summed E-state index contributed by atoms with van der Waals surface area (Å²) in [5, 5.41) is 13.1. The molecule has 0 bridgehead atoms. The number of likely N-dealkylation sites (N-methyl/N-ethyl adjacent to an activating group) is 1. The molecule has 1 saturated heterocycles. The molecule has 0 saturated carbocycles. The Kier molecular flexibility index (Phi) is 8.15. The van der Waals surface area contributed by atoms with Crippen molar-refractivity contribution in [3.8, 4) is 0 Å². The van der Waals surface area contributed by atoms with E-state index in [-0.39, 0.29) is 18.4 Å². The smallest absolute Gasteiger partial charge is 0.423 e. The maximum Gasteiger partial charge on any atom is 0.492 e. The maximum atomic E-state index is 13.3. The number of anilines is 1. The first-order valence-electron chi connectivity index (χ1n) is 12.5. The van der Waals surface area contributed by atoms with Gasteiger partial charge in [-0.25, -0.2) is 0 Å². The maximum absolute atomic E-state index is 13.3. The Bertz CT molecular complexity index is 1100. The molecule has 2 heterocycles. The molecule has 1 atom stereocenters. The van der Waals surface area contributed by atoms with Gasteiger partial charge in [0.05, 0.1) is 19.8 Å². The number of benzene rings is 2. The van der Waals surface area contributed by atoms with Crippen molar-refractivity contribution in [1.29, 1.82) is 0 Å². The first-order chi connectivity index (χ1) is 17.2. The van der Waals surface area contributed by atoms with Crippen molar-refractivity contribution < 1.29 is 24.0 Å². The van der Waals surface area contributed by atoms with Crippen molar-refractivity contribution >= 4 is 30.5 Å². The normalized spacial score (nSPS) is 17.7. The third kappa shape index (κ3) is 5.49. The fourth-order valence-electron chi connectivity index (χ4n) is 4.82. The highest BCUT2D eigenvalue weighted by Gasteiger charge is 2.37. The summed E-state index contributed by atoms with van der Waals surface area (Å²) in [5.74, 6) is -0.574. The van der Waals surface area contributed by atoms with E-state index in [1.165, 1.54) is 5.69 Å². The summed E-state index contributed by atoms with van der Waals surface area (Å²) >= 11 is 0. The van der Waals surface area contributed by atoms with Crippen LogP contribution in [0.15, 0.2) is 36.4 Å². The Balaban J connectivity index is 1.43. The van der Waals surface area contributed by atoms with Crippen molar-refractivity contribution in [2.45, 2.75) is 39.5 Å². The molecule has 2 aromatic rings. The van der Waals surface area contributed by atoms with Gasteiger partial charge in [-0.05, 0) is 60.2 Å². The SMILES string of the molecule is Cc1c(C(=O)N[C@@](C=O)(COCc2cccc(N3CCN(C)CC3)c2)C(C)C)ccc2c1B(O)OC2. The highest BCUT2D eigenvalue weighted by Crippen LogP contribution is 2.22. The molecule has 1 fully saturated rings. The van der Waals surface area contributed by atoms with E-state index in [4.69, 9.17) is 9.39 Å². The summed E-state index contributed by atoms with van der Waals surface area (Å²) in [4.78, 5) is 30.3. The molecular formula is C27H36BN3O5. The van der Waals surface area contributed by atoms with Crippen molar-refractivity contribution in [3.63, 3.8) is 0 Å². The summed E-state index contributed by atoms with van der Waals surface area (Å²) in [5.41, 5.74) is 3.55. The van der Waals surface area contributed by atoms with Gasteiger partial charge in [0, 0.05) is 37.4 Å². The number of hydrogen-bond acceptors (Lipinski definition) is 7. The number of carbonyl (C=O) groups is 2. The molecule has 0 aliphatic carbocycles. The van der Waals surface area contributed by atoms with Gasteiger partial charge in [-0.2, -0.15) is 0 Å². The Morgan fingerprint density at radius 3 is 2.69 bits per heavy atom. The Morgan fingerprint density at radius 1 is 1.25 bits per heavy atom. The van der Waals surface area contributed by atoms with Gasteiger partial charge < -0.3 is 34.3 Å². The lowest BCUT2D eigenvalue weighted by atomic mass is 9.75. The molecule has 2 N–H and O–H groups in total. The zero-order valence-electron chi connectivity index (χ0n) is 21.6. The van der Waals surface area contributed by atoms with Crippen LogP contribution in [0, 0.1) is 12.8 Å². The van der Waals surface area contributed by atoms with E-state index in [9.17, 15) is 14.6 Å². The average Bonchev–Trinajstić information content (AvgIpc) is 3.25. The first kappa shape index (κ1) is 26.4. The van der Waals surface area contributed by atoms with Gasteiger partial charge in [0.1, 0.15) is 11.8 Å². The van der Waals surface area contributed by atoms with Gasteiger partial charge in [0.15, 0.2) is 0 Å². The van der Waals surface area contributed by atoms with Crippen LogP contribution >= 0.6 is 0 Å². The van der Waals surface area contributed by atoms with E-state index >= 15 is 0 Å². The molecule has 9 heteroatoms. The molecule has 4 rings (SSSR count). The second-order valence-electron chi connectivity index (χ2n) is 10.2. The fourth-order valence-corrected chi connectivity index (χ4v) is 4.82. The van der Waals surface area contributed by atoms with Gasteiger partial charge in [-0.1, -0.05) is 32.0 Å². The van der Waals surface area contributed by atoms with Crippen LogP contribution in [0.2, 0.25) is 0 Å². The molecule has 2 aliphatic rings. The molecule has 2 aliphatic heterocycles. The van der Waals surface area contributed by atoms with Crippen molar-refractivity contribution in [2.75, 3.05) is 44.7 Å². The lowest BCUT2D eigenvalue weighted by Crippen LogP contribution is -2.57. The molecule has 2 aromatic carbocycles. The van der Waals surface area contributed by atoms with Crippen LogP contribution in [0.5, 0.6) is 0 Å². The summed E-state index contributed by atoms with van der Waals surface area (Å²) in [6.45, 7) is 10.3. The Labute approximate surface area is 213 Å². The lowest BCUT2D eigenvalue weighted by Gasteiger charge is -2.34. The number of nitrogens with zero attached hydrogens (tertiary/aromatic N) is 2. The van der Waals surface area contributed by atoms with Crippen LogP contribution < -0.4 is 15.7 Å². The topological polar surface area (TPSA) is 91.3 Å². The van der Waals surface area contributed by atoms with E-state index in [1.54, 1.807) is 19.1 Å². The summed E-state index contributed by atoms with van der Waals surface area (Å²) < 4.78 is 11.3. The van der Waals surface area contributed by atoms with Crippen LogP contribution in [-0.2, 0) is 27.4 Å². The monoisotopic (exact) mass is 493 g/mol. The minimum Gasteiger partial charge on any atom is -0.423 e. The van der Waals surface area contributed by atoms with Crippen molar-refractivity contribution in [2.24, 2.45) is 5.92 Å². The van der Waals surface area contributed by atoms with Crippen molar-refractivity contribution in [3.05, 3.63) is 58.7 Å². The van der Waals surface area contributed by atoms with E-state index in [2.05, 4.69) is 34.3 Å². The molecule has 8 nitrogen and oxygen atoms in total. The van der Waals surface area contributed by atoms with Crippen LogP contribution in [-0.4, -0.2) is 74.6 Å². The number of carbonyl (C=O) groups excluding carboxylic acids is 2. The predicted octanol–water partition coefficient (Wildman–Crippen LogP) is 1.50. The zero-order chi connectivity index (χ0) is 25.9. The molecule has 0 unspecified atom stereocenters. The predicted molar refractivity (Wildman–Crippen MR) is 140 cm³/mol. The number of nitrogens with one attached hydrogen (secondary N) is 1. The number of fused-ring (bicyclic) bond motifs is 1. The Hall–Kier alpha value is -2.72. The Morgan fingerprint density at radius 2 is 2.00 bits per heavy atom. The molecule has 0 spiro atoms. The summed E-state index contributed by atoms with van der Waals surface area (Å²) in [6, 6.07) is 11.8. The second-order valence-corrected chi connectivity index (χ2v) is 10.2. The van der Waals surface area contributed by atoms with E-state index in [0.717, 1.165) is 43.6 Å². The molecule has 192 valence electrons. The largest absolute Gasteiger partial charge is 0.492 e. The first-order valence-corrected chi connectivity index (χ1v) is 12.5. The van der Waals surface area contributed by atoms with Gasteiger partial charge in [-0.15, -0.1) is 0 Å². The molecular weight excluding hydrogens is 457 g/mol. The standard InChI is InChI=1S/C27H36BN3O5/c1-19(2)27(17-32,29-26(33)24-9-8-22-16-36-28(34)25(22)20(24)3)18-35-15-21-6-5-7-23(14-21)31-12-10-30(4)11-13-31/h5-9,14,17,19,34H,10-13,15-16,18H2,1-4H3,(H,29,33)/t27-/m0/s1. The lowest BCUT2D eigenvalue weighted by molar-refractivity contribution is -0.117. The van der Waals surface area contributed by atoms with Crippen molar-refractivity contribution in [1.82, 2.24) is 10.2 Å². The van der Waals surface area contributed by atoms with Crippen LogP contribution in [0.25, 0.3) is 0 Å². The van der Waals surface area contributed by atoms with E-state index < -0.39 is 12.7 Å². The van der Waals surface area contributed by atoms with Gasteiger partial charge >= 0.3 is 7.12 Å². The highest BCUT2D eigenvalue weighted by atomic mass is 16.5. The fraction of sp³-hybridized carbons (Fsp3) is 0.481. The minimum atomic E-state index is -1.19. The highest BCUT2D eigenvalue weighted by molar-refractivity contribution is 6.62. The van der Waals surface area contributed by atoms with Gasteiger partial charge in [0.25, 0.3) is 5.91 Å². The number of ether oxygens (including phenoxy) is 1. The second kappa shape index (κ2) is 11.1. The molecule has 0 radical (unpaired) electrons. The average molecular weight is 493 g/mol. The van der Waals surface area contributed by atoms with Gasteiger partial charge in [0.2, 0.25) is 0 Å². The van der Waals surface area contributed by atoms with Gasteiger partial charge in [-0.3, -0.25) is 4.79 Å². The summed E-state index contributed by atoms with van der Waals surface area (Å²) in [6.07, 6.45) is 0.775. The number of hydrogen-bond donors (Lipinski definition) is 2. The third-order valence-electron chi connectivity index (χ3n) is 7.47. The van der Waals surface area contributed by atoms with E-state index in [1.807, 2.05) is 26.0 Å². The summed E-state index contributed by atoms with van der Waals surface area (Å²) in [7, 11) is 1.09. The zero-order valence-corrected chi connectivity index (χ0v) is 21.6. The number of aldehydes is 1. The number of amides is 1. The number of piperazine rings is 1.